The second-order valence-electron chi connectivity index (χ2n) is 4.96. The zero-order valence-electron chi connectivity index (χ0n) is 11.3. The number of hydrogen-bond acceptors (Lipinski definition) is 4. The lowest BCUT2D eigenvalue weighted by atomic mass is 10.2. The predicted molar refractivity (Wildman–Crippen MR) is 71.9 cm³/mol. The molecule has 104 valence electrons. The lowest BCUT2D eigenvalue weighted by Crippen LogP contribution is -2.37. The van der Waals surface area contributed by atoms with Crippen LogP contribution in [0.3, 0.4) is 0 Å². The number of hydrogen-bond donors (Lipinski definition) is 2. The van der Waals surface area contributed by atoms with Gasteiger partial charge < -0.3 is 10.4 Å². The molecule has 0 aliphatic heterocycles. The largest absolute Gasteiger partial charge is 0.396 e. The predicted octanol–water partition coefficient (Wildman–Crippen LogP) is 1.20. The van der Waals surface area contributed by atoms with Crippen LogP contribution in [0, 0.1) is 5.92 Å². The van der Waals surface area contributed by atoms with E-state index >= 15 is 0 Å². The monoisotopic (exact) mass is 265 g/mol. The van der Waals surface area contributed by atoms with E-state index in [1.54, 1.807) is 0 Å². The summed E-state index contributed by atoms with van der Waals surface area (Å²) in [4.78, 5) is 0. The number of rotatable bonds is 10. The van der Waals surface area contributed by atoms with Crippen LogP contribution in [-0.4, -0.2) is 44.2 Å². The molecule has 4 nitrogen and oxygen atoms in total. The Morgan fingerprint density at radius 2 is 1.88 bits per heavy atom. The molecule has 0 aliphatic rings. The second-order valence-corrected chi connectivity index (χ2v) is 7.19. The van der Waals surface area contributed by atoms with Crippen molar-refractivity contribution in [3.8, 4) is 0 Å². The molecule has 0 heterocycles. The Kier molecular flexibility index (Phi) is 8.82. The van der Waals surface area contributed by atoms with Gasteiger partial charge in [-0.05, 0) is 31.7 Å². The third kappa shape index (κ3) is 9.56. The smallest absolute Gasteiger partial charge is 0.151 e. The van der Waals surface area contributed by atoms with Gasteiger partial charge in [-0.25, -0.2) is 8.42 Å². The van der Waals surface area contributed by atoms with Crippen molar-refractivity contribution in [3.63, 3.8) is 0 Å². The van der Waals surface area contributed by atoms with E-state index in [0.717, 1.165) is 13.0 Å². The van der Waals surface area contributed by atoms with Gasteiger partial charge >= 0.3 is 0 Å². The molecule has 0 radical (unpaired) electrons. The Morgan fingerprint density at radius 1 is 1.24 bits per heavy atom. The third-order valence-corrected chi connectivity index (χ3v) is 4.39. The van der Waals surface area contributed by atoms with Crippen molar-refractivity contribution in [2.45, 2.75) is 46.1 Å². The van der Waals surface area contributed by atoms with Crippen LogP contribution in [0.4, 0.5) is 0 Å². The van der Waals surface area contributed by atoms with Gasteiger partial charge in [-0.2, -0.15) is 0 Å². The van der Waals surface area contributed by atoms with Gasteiger partial charge in [0.1, 0.15) is 0 Å². The minimum Gasteiger partial charge on any atom is -0.396 e. The zero-order valence-corrected chi connectivity index (χ0v) is 12.1. The number of sulfone groups is 1. The van der Waals surface area contributed by atoms with E-state index in [0.29, 0.717) is 18.8 Å². The molecular formula is C12H27NO3S. The van der Waals surface area contributed by atoms with Gasteiger partial charge in [0.05, 0.1) is 11.5 Å². The summed E-state index contributed by atoms with van der Waals surface area (Å²) in [5.74, 6) is 0.797. The molecule has 0 saturated carbocycles. The fourth-order valence-corrected chi connectivity index (χ4v) is 3.45. The topological polar surface area (TPSA) is 66.4 Å². The fourth-order valence-electron chi connectivity index (χ4n) is 1.55. The van der Waals surface area contributed by atoms with Crippen molar-refractivity contribution < 1.29 is 13.5 Å². The molecule has 0 amide bonds. The van der Waals surface area contributed by atoms with E-state index in [-0.39, 0.29) is 24.2 Å². The molecule has 2 N–H and O–H groups in total. The number of nitrogens with one attached hydrogen (secondary N) is 1. The van der Waals surface area contributed by atoms with Crippen molar-refractivity contribution in [1.29, 1.82) is 0 Å². The van der Waals surface area contributed by atoms with Crippen molar-refractivity contribution in [2.75, 3.05) is 24.7 Å². The van der Waals surface area contributed by atoms with E-state index in [4.69, 9.17) is 5.11 Å². The van der Waals surface area contributed by atoms with Crippen LogP contribution < -0.4 is 5.32 Å². The van der Waals surface area contributed by atoms with Gasteiger partial charge in [0, 0.05) is 12.6 Å². The lowest BCUT2D eigenvalue weighted by molar-refractivity contribution is 0.269. The van der Waals surface area contributed by atoms with Crippen LogP contribution in [0.5, 0.6) is 0 Å². The van der Waals surface area contributed by atoms with E-state index in [1.165, 1.54) is 0 Å². The van der Waals surface area contributed by atoms with Crippen LogP contribution in [-0.2, 0) is 9.84 Å². The molecule has 17 heavy (non-hydrogen) atoms. The Bertz CT molecular complexity index is 275. The van der Waals surface area contributed by atoms with Crippen LogP contribution in [0.1, 0.15) is 40.0 Å². The summed E-state index contributed by atoms with van der Waals surface area (Å²) in [7, 11) is -3.00. The molecule has 0 saturated heterocycles. The molecule has 0 aromatic heterocycles. The Labute approximate surface area is 106 Å². The molecule has 1 unspecified atom stereocenters. The van der Waals surface area contributed by atoms with Gasteiger partial charge in [-0.3, -0.25) is 0 Å². The standard InChI is InChI=1S/C12H27NO3S/c1-4-7-13-12(5-8-14)10-17(15,16)9-6-11(2)3/h11-14H,4-10H2,1-3H3. The van der Waals surface area contributed by atoms with E-state index in [9.17, 15) is 8.42 Å². The van der Waals surface area contributed by atoms with Crippen molar-refractivity contribution in [3.05, 3.63) is 0 Å². The normalized spacial score (nSPS) is 14.2. The van der Waals surface area contributed by atoms with Crippen LogP contribution in [0.15, 0.2) is 0 Å². The first-order valence-electron chi connectivity index (χ1n) is 6.46. The summed E-state index contributed by atoms with van der Waals surface area (Å²) in [6, 6.07) is -0.114. The van der Waals surface area contributed by atoms with Gasteiger partial charge in [-0.1, -0.05) is 20.8 Å². The second kappa shape index (κ2) is 8.89. The third-order valence-electron chi connectivity index (χ3n) is 2.62. The van der Waals surface area contributed by atoms with Crippen molar-refractivity contribution >= 4 is 9.84 Å². The maximum Gasteiger partial charge on any atom is 0.151 e. The highest BCUT2D eigenvalue weighted by Crippen LogP contribution is 2.06. The lowest BCUT2D eigenvalue weighted by Gasteiger charge is -2.17. The summed E-state index contributed by atoms with van der Waals surface area (Å²) in [5, 5.41) is 12.1. The van der Waals surface area contributed by atoms with Crippen LogP contribution in [0.2, 0.25) is 0 Å². The fraction of sp³-hybridized carbons (Fsp3) is 1.00. The molecule has 0 spiro atoms. The van der Waals surface area contributed by atoms with E-state index in [2.05, 4.69) is 5.32 Å². The summed E-state index contributed by atoms with van der Waals surface area (Å²) < 4.78 is 23.7. The molecule has 0 aromatic carbocycles. The van der Waals surface area contributed by atoms with Crippen LogP contribution in [0.25, 0.3) is 0 Å². The number of aliphatic hydroxyl groups excluding tert-OH is 1. The summed E-state index contributed by atoms with van der Waals surface area (Å²) in [6.07, 6.45) is 2.18. The molecule has 0 aliphatic carbocycles. The maximum atomic E-state index is 11.9. The van der Waals surface area contributed by atoms with E-state index < -0.39 is 9.84 Å². The molecule has 1 atom stereocenters. The Hall–Kier alpha value is -0.130. The van der Waals surface area contributed by atoms with E-state index in [1.807, 2.05) is 20.8 Å². The molecular weight excluding hydrogens is 238 g/mol. The van der Waals surface area contributed by atoms with Gasteiger partial charge in [0.25, 0.3) is 0 Å². The van der Waals surface area contributed by atoms with Crippen molar-refractivity contribution in [1.82, 2.24) is 5.32 Å². The average molecular weight is 265 g/mol. The quantitative estimate of drug-likeness (QED) is 0.623. The first kappa shape index (κ1) is 16.9. The Morgan fingerprint density at radius 3 is 2.35 bits per heavy atom. The highest BCUT2D eigenvalue weighted by atomic mass is 32.2. The molecule has 0 aromatic rings. The minimum atomic E-state index is -3.00. The molecule has 0 fully saturated rings. The Balaban J connectivity index is 4.20. The average Bonchev–Trinajstić information content (AvgIpc) is 2.23. The summed E-state index contributed by atoms with van der Waals surface area (Å²) in [6.45, 7) is 6.91. The van der Waals surface area contributed by atoms with Crippen molar-refractivity contribution in [2.24, 2.45) is 5.92 Å². The summed E-state index contributed by atoms with van der Waals surface area (Å²) in [5.41, 5.74) is 0. The first-order valence-corrected chi connectivity index (χ1v) is 8.28. The van der Waals surface area contributed by atoms with Gasteiger partial charge in [0.15, 0.2) is 9.84 Å². The van der Waals surface area contributed by atoms with Gasteiger partial charge in [0.2, 0.25) is 0 Å². The minimum absolute atomic E-state index is 0.0289. The highest BCUT2D eigenvalue weighted by Gasteiger charge is 2.18. The SMILES string of the molecule is CCCNC(CCO)CS(=O)(=O)CCC(C)C. The maximum absolute atomic E-state index is 11.9. The first-order chi connectivity index (χ1) is 7.91. The molecule has 0 rings (SSSR count). The molecule has 5 heteroatoms. The summed E-state index contributed by atoms with van der Waals surface area (Å²) >= 11 is 0. The highest BCUT2D eigenvalue weighted by molar-refractivity contribution is 7.91. The number of aliphatic hydroxyl groups is 1. The van der Waals surface area contributed by atoms with Crippen LogP contribution >= 0.6 is 0 Å². The zero-order chi connectivity index (χ0) is 13.3. The molecule has 0 bridgehead atoms. The van der Waals surface area contributed by atoms with Gasteiger partial charge in [-0.15, -0.1) is 0 Å².